The fourth-order valence-electron chi connectivity index (χ4n) is 2.19. The summed E-state index contributed by atoms with van der Waals surface area (Å²) >= 11 is 1.95. The molecule has 1 unspecified atom stereocenters. The number of rotatable bonds is 5. The number of thiophene rings is 1. The van der Waals surface area contributed by atoms with Crippen molar-refractivity contribution in [3.05, 3.63) is 21.4 Å². The Bertz CT molecular complexity index is 368. The zero-order chi connectivity index (χ0) is 11.4. The van der Waals surface area contributed by atoms with Gasteiger partial charge >= 0.3 is 0 Å². The Hall–Kier alpha value is -0.850. The third-order valence-corrected chi connectivity index (χ3v) is 4.43. The summed E-state index contributed by atoms with van der Waals surface area (Å²) in [5.41, 5.74) is 1.56. The van der Waals surface area contributed by atoms with Crippen molar-refractivity contribution >= 4 is 11.3 Å². The van der Waals surface area contributed by atoms with E-state index in [-0.39, 0.29) is 0 Å². The summed E-state index contributed by atoms with van der Waals surface area (Å²) in [7, 11) is 0. The molecule has 0 saturated carbocycles. The van der Waals surface area contributed by atoms with Crippen LogP contribution in [0.3, 0.4) is 0 Å². The van der Waals surface area contributed by atoms with Crippen LogP contribution in [0.5, 0.6) is 0 Å². The van der Waals surface area contributed by atoms with Crippen LogP contribution in [-0.4, -0.2) is 6.04 Å². The molecule has 86 valence electrons. The Morgan fingerprint density at radius 3 is 3.12 bits per heavy atom. The first kappa shape index (κ1) is 11.6. The number of aryl methyl sites for hydroxylation is 2. The van der Waals surface area contributed by atoms with Crippen molar-refractivity contribution in [3.8, 4) is 6.07 Å². The van der Waals surface area contributed by atoms with Gasteiger partial charge in [-0.25, -0.2) is 0 Å². The Kier molecular flexibility index (Phi) is 3.98. The van der Waals surface area contributed by atoms with Gasteiger partial charge in [-0.3, -0.25) is 0 Å². The van der Waals surface area contributed by atoms with Gasteiger partial charge in [0, 0.05) is 22.3 Å². The van der Waals surface area contributed by atoms with E-state index in [1.165, 1.54) is 24.1 Å². The fourth-order valence-corrected chi connectivity index (χ4v) is 3.41. The summed E-state index contributed by atoms with van der Waals surface area (Å²) in [4.78, 5) is 3.02. The zero-order valence-electron chi connectivity index (χ0n) is 9.75. The molecular weight excluding hydrogens is 216 g/mol. The van der Waals surface area contributed by atoms with Gasteiger partial charge in [-0.05, 0) is 37.3 Å². The van der Waals surface area contributed by atoms with Gasteiger partial charge in [-0.2, -0.15) is 5.26 Å². The van der Waals surface area contributed by atoms with Crippen LogP contribution in [0.15, 0.2) is 6.07 Å². The monoisotopic (exact) mass is 234 g/mol. The lowest BCUT2D eigenvalue weighted by Gasteiger charge is -2.12. The van der Waals surface area contributed by atoms with Crippen LogP contribution in [0.2, 0.25) is 0 Å². The maximum Gasteiger partial charge on any atom is 0.0638 e. The van der Waals surface area contributed by atoms with Crippen molar-refractivity contribution in [2.45, 2.75) is 51.6 Å². The summed E-state index contributed by atoms with van der Waals surface area (Å²) in [6.07, 6.45) is 5.51. The summed E-state index contributed by atoms with van der Waals surface area (Å²) < 4.78 is 0. The van der Waals surface area contributed by atoms with Crippen LogP contribution in [0, 0.1) is 11.3 Å². The van der Waals surface area contributed by atoms with Crippen LogP contribution < -0.4 is 5.32 Å². The van der Waals surface area contributed by atoms with E-state index in [4.69, 9.17) is 5.26 Å². The van der Waals surface area contributed by atoms with E-state index < -0.39 is 0 Å². The first-order valence-electron chi connectivity index (χ1n) is 6.04. The Balaban J connectivity index is 1.87. The highest BCUT2D eigenvalue weighted by Gasteiger charge is 2.15. The second-order valence-electron chi connectivity index (χ2n) is 4.36. The largest absolute Gasteiger partial charge is 0.308 e. The predicted octanol–water partition coefficient (Wildman–Crippen LogP) is 3.02. The molecule has 1 aliphatic rings. The molecule has 2 nitrogen and oxygen atoms in total. The number of hydrogen-bond donors (Lipinski definition) is 1. The molecule has 1 aromatic rings. The summed E-state index contributed by atoms with van der Waals surface area (Å²) in [6.45, 7) is 3.06. The molecule has 0 amide bonds. The number of nitrogens with one attached hydrogen (secondary N) is 1. The average Bonchev–Trinajstić information content (AvgIpc) is 2.84. The Labute approximate surface area is 101 Å². The molecule has 1 aliphatic carbocycles. The molecule has 0 spiro atoms. The number of hydrogen-bond acceptors (Lipinski definition) is 3. The van der Waals surface area contributed by atoms with Gasteiger partial charge in [0.25, 0.3) is 0 Å². The first-order valence-corrected chi connectivity index (χ1v) is 6.86. The normalized spacial score (nSPS) is 15.8. The SMILES string of the molecule is CCC(CC#N)NCc1cc2c(s1)CCC2. The first-order chi connectivity index (χ1) is 7.83. The van der Waals surface area contributed by atoms with E-state index in [0.29, 0.717) is 12.5 Å². The molecule has 1 atom stereocenters. The fraction of sp³-hybridized carbons (Fsp3) is 0.615. The zero-order valence-corrected chi connectivity index (χ0v) is 10.6. The Morgan fingerprint density at radius 2 is 2.44 bits per heavy atom. The molecule has 0 saturated heterocycles. The standard InChI is InChI=1S/C13H18N2S/c1-2-11(6-7-14)15-9-12-8-10-4-3-5-13(10)16-12/h8,11,15H,2-6,9H2,1H3. The van der Waals surface area contributed by atoms with E-state index in [1.54, 1.807) is 10.4 Å². The Morgan fingerprint density at radius 1 is 1.56 bits per heavy atom. The van der Waals surface area contributed by atoms with Crippen molar-refractivity contribution in [1.82, 2.24) is 5.32 Å². The van der Waals surface area contributed by atoms with E-state index in [1.807, 2.05) is 11.3 Å². The maximum absolute atomic E-state index is 8.67. The van der Waals surface area contributed by atoms with E-state index in [2.05, 4.69) is 24.4 Å². The van der Waals surface area contributed by atoms with Crippen molar-refractivity contribution < 1.29 is 0 Å². The lowest BCUT2D eigenvalue weighted by atomic mass is 10.1. The second kappa shape index (κ2) is 5.47. The minimum absolute atomic E-state index is 0.349. The van der Waals surface area contributed by atoms with Gasteiger partial charge < -0.3 is 5.32 Å². The van der Waals surface area contributed by atoms with Crippen molar-refractivity contribution in [3.63, 3.8) is 0 Å². The molecule has 0 bridgehead atoms. The van der Waals surface area contributed by atoms with Crippen LogP contribution in [-0.2, 0) is 19.4 Å². The summed E-state index contributed by atoms with van der Waals surface area (Å²) in [5, 5.41) is 12.1. The smallest absolute Gasteiger partial charge is 0.0638 e. The van der Waals surface area contributed by atoms with Crippen LogP contribution in [0.25, 0.3) is 0 Å². The third-order valence-electron chi connectivity index (χ3n) is 3.19. The maximum atomic E-state index is 8.67. The van der Waals surface area contributed by atoms with Gasteiger partial charge in [0.05, 0.1) is 12.5 Å². The molecule has 0 fully saturated rings. The van der Waals surface area contributed by atoms with Crippen molar-refractivity contribution in [2.75, 3.05) is 0 Å². The molecule has 1 N–H and O–H groups in total. The molecule has 1 aromatic heterocycles. The number of nitrogens with zero attached hydrogens (tertiary/aromatic N) is 1. The highest BCUT2D eigenvalue weighted by atomic mass is 32.1. The molecule has 1 heterocycles. The van der Waals surface area contributed by atoms with Crippen LogP contribution in [0.4, 0.5) is 0 Å². The molecule has 0 aliphatic heterocycles. The number of nitriles is 1. The van der Waals surface area contributed by atoms with E-state index >= 15 is 0 Å². The molecule has 0 radical (unpaired) electrons. The number of fused-ring (bicyclic) bond motifs is 1. The minimum Gasteiger partial charge on any atom is -0.308 e. The van der Waals surface area contributed by atoms with Gasteiger partial charge in [-0.1, -0.05) is 6.92 Å². The predicted molar refractivity (Wildman–Crippen MR) is 67.5 cm³/mol. The summed E-state index contributed by atoms with van der Waals surface area (Å²) in [6, 6.07) is 4.93. The van der Waals surface area contributed by atoms with Gasteiger partial charge in [0.1, 0.15) is 0 Å². The topological polar surface area (TPSA) is 35.8 Å². The lowest BCUT2D eigenvalue weighted by Crippen LogP contribution is -2.27. The van der Waals surface area contributed by atoms with E-state index in [9.17, 15) is 0 Å². The molecule has 2 rings (SSSR count). The van der Waals surface area contributed by atoms with Gasteiger partial charge in [0.15, 0.2) is 0 Å². The molecular formula is C13H18N2S. The molecule has 0 aromatic carbocycles. The third kappa shape index (κ3) is 2.63. The lowest BCUT2D eigenvalue weighted by molar-refractivity contribution is 0.507. The quantitative estimate of drug-likeness (QED) is 0.850. The van der Waals surface area contributed by atoms with Crippen molar-refractivity contribution in [2.24, 2.45) is 0 Å². The minimum atomic E-state index is 0.349. The van der Waals surface area contributed by atoms with Gasteiger partial charge in [0.2, 0.25) is 0 Å². The molecule has 3 heteroatoms. The van der Waals surface area contributed by atoms with Gasteiger partial charge in [-0.15, -0.1) is 11.3 Å². The van der Waals surface area contributed by atoms with Crippen LogP contribution in [0.1, 0.15) is 41.5 Å². The van der Waals surface area contributed by atoms with Crippen LogP contribution >= 0.6 is 11.3 Å². The van der Waals surface area contributed by atoms with E-state index in [0.717, 1.165) is 13.0 Å². The second-order valence-corrected chi connectivity index (χ2v) is 5.58. The summed E-state index contributed by atoms with van der Waals surface area (Å²) in [5.74, 6) is 0. The van der Waals surface area contributed by atoms with Crippen molar-refractivity contribution in [1.29, 1.82) is 5.26 Å². The highest BCUT2D eigenvalue weighted by molar-refractivity contribution is 7.12. The molecule has 16 heavy (non-hydrogen) atoms. The average molecular weight is 234 g/mol. The highest BCUT2D eigenvalue weighted by Crippen LogP contribution is 2.30.